The molecule has 1 aromatic heterocycles. The van der Waals surface area contributed by atoms with Crippen molar-refractivity contribution in [2.24, 2.45) is 0 Å². The molecular weight excluding hydrogens is 476 g/mol. The van der Waals surface area contributed by atoms with Crippen LogP contribution in [0.5, 0.6) is 5.75 Å². The molecule has 32 heavy (non-hydrogen) atoms. The van der Waals surface area contributed by atoms with Crippen LogP contribution in [0.4, 0.5) is 11.4 Å². The number of nitrogens with one attached hydrogen (secondary N) is 2. The maximum atomic E-state index is 12.7. The number of aromatic nitrogens is 1. The second-order valence-corrected chi connectivity index (χ2v) is 8.50. The Bertz CT molecular complexity index is 1430. The summed E-state index contributed by atoms with van der Waals surface area (Å²) in [5.41, 5.74) is 5.74. The Hall–Kier alpha value is -1.25. The Morgan fingerprint density at radius 1 is 0.875 bits per heavy atom. The molecule has 0 saturated carbocycles. The fraction of sp³-hybridized carbons (Fsp3) is 0. The monoisotopic (exact) mass is 488 g/mol. The second kappa shape index (κ2) is 10.8. The van der Waals surface area contributed by atoms with E-state index in [-0.39, 0.29) is 90.9 Å². The smallest absolute Gasteiger partial charge is 0.870 e. The molecule has 0 fully saturated rings. The molecule has 1 unspecified atom stereocenters. The first kappa shape index (κ1) is 27.0. The van der Waals surface area contributed by atoms with Gasteiger partial charge in [0.1, 0.15) is 10.1 Å². The van der Waals surface area contributed by atoms with Crippen molar-refractivity contribution >= 4 is 54.2 Å². The molecule has 1 heterocycles. The molecule has 1 atom stereocenters. The molecule has 0 radical (unpaired) electrons. The molecule has 0 aliphatic heterocycles. The van der Waals surface area contributed by atoms with Gasteiger partial charge in [-0.3, -0.25) is 9.19 Å². The molecule has 0 bridgehead atoms. The Kier molecular flexibility index (Phi) is 9.10. The van der Waals surface area contributed by atoms with Crippen molar-refractivity contribution in [1.82, 2.24) is 4.98 Å². The first-order chi connectivity index (χ1) is 14.3. The van der Waals surface area contributed by atoms with E-state index in [0.29, 0.717) is 11.1 Å². The molecule has 3 aromatic carbocycles. The molecule has 0 aliphatic carbocycles. The van der Waals surface area contributed by atoms with E-state index in [2.05, 4.69) is 15.8 Å². The van der Waals surface area contributed by atoms with Crippen LogP contribution in [0, 0.1) is 0 Å². The minimum atomic E-state index is -4.68. The Labute approximate surface area is 230 Å². The average molecular weight is 488 g/mol. The van der Waals surface area contributed by atoms with Gasteiger partial charge >= 0.3 is 59.1 Å². The van der Waals surface area contributed by atoms with Gasteiger partial charge in [-0.25, -0.2) is 8.42 Å². The van der Waals surface area contributed by atoms with Crippen molar-refractivity contribution in [3.63, 3.8) is 0 Å². The number of nitrogens with zero attached hydrogens (tertiary/aromatic N) is 1. The van der Waals surface area contributed by atoms with Crippen molar-refractivity contribution in [2.45, 2.75) is 9.79 Å². The number of pyridine rings is 1. The zero-order valence-corrected chi connectivity index (χ0v) is 22.6. The van der Waals surface area contributed by atoms with Crippen LogP contribution in [0.2, 0.25) is 0 Å². The van der Waals surface area contributed by atoms with Crippen LogP contribution in [0.1, 0.15) is 0 Å². The van der Waals surface area contributed by atoms with Gasteiger partial charge < -0.3 is 25.1 Å². The SMILES string of the molecule is O=S([O-])c1cc(NNc2ccc(S(=O)(=O)[O-])c3ccccc23)c([O-])c2ncccc12.[Na+].[Na+]. The number of rotatable bonds is 5. The average Bonchev–Trinajstić information content (AvgIpc) is 2.72. The van der Waals surface area contributed by atoms with Gasteiger partial charge in [0.05, 0.1) is 16.1 Å². The predicted octanol–water partition coefficient (Wildman–Crippen LogP) is -3.95. The fourth-order valence-electron chi connectivity index (χ4n) is 3.15. The van der Waals surface area contributed by atoms with Gasteiger partial charge in [0.15, 0.2) is 0 Å². The molecule has 9 nitrogen and oxygen atoms in total. The van der Waals surface area contributed by atoms with E-state index in [0.717, 1.165) is 6.07 Å². The van der Waals surface area contributed by atoms with Crippen molar-refractivity contribution < 1.29 is 86.0 Å². The van der Waals surface area contributed by atoms with Crippen LogP contribution >= 0.6 is 0 Å². The van der Waals surface area contributed by atoms with E-state index in [1.54, 1.807) is 18.2 Å². The predicted molar refractivity (Wildman–Crippen MR) is 108 cm³/mol. The quantitative estimate of drug-likeness (QED) is 0.124. The summed E-state index contributed by atoms with van der Waals surface area (Å²) >= 11 is -2.60. The van der Waals surface area contributed by atoms with E-state index in [1.807, 2.05) is 0 Å². The van der Waals surface area contributed by atoms with Crippen LogP contribution in [-0.4, -0.2) is 26.7 Å². The third kappa shape index (κ3) is 5.28. The van der Waals surface area contributed by atoms with E-state index in [1.165, 1.54) is 36.5 Å². The molecule has 4 rings (SSSR count). The topological polar surface area (TPSA) is 157 Å². The van der Waals surface area contributed by atoms with E-state index < -0.39 is 26.9 Å². The number of hydrazine groups is 1. The number of anilines is 2. The summed E-state index contributed by atoms with van der Waals surface area (Å²) in [5.74, 6) is -0.518. The van der Waals surface area contributed by atoms with Crippen LogP contribution < -0.4 is 75.1 Å². The zero-order chi connectivity index (χ0) is 21.5. The van der Waals surface area contributed by atoms with Gasteiger partial charge in [0.2, 0.25) is 0 Å². The van der Waals surface area contributed by atoms with Gasteiger partial charge in [-0.2, -0.15) is 0 Å². The van der Waals surface area contributed by atoms with Gasteiger partial charge in [0.25, 0.3) is 0 Å². The third-order valence-corrected chi connectivity index (χ3v) is 6.06. The second-order valence-electron chi connectivity index (χ2n) is 6.25. The molecule has 0 saturated heterocycles. The van der Waals surface area contributed by atoms with E-state index in [9.17, 15) is 26.8 Å². The molecule has 13 heteroatoms. The minimum Gasteiger partial charge on any atom is -0.870 e. The molecule has 154 valence electrons. The molecule has 4 aromatic rings. The maximum Gasteiger partial charge on any atom is 1.00 e. The van der Waals surface area contributed by atoms with Crippen molar-refractivity contribution in [3.8, 4) is 5.75 Å². The summed E-state index contributed by atoms with van der Waals surface area (Å²) in [7, 11) is -4.68. The van der Waals surface area contributed by atoms with Crippen LogP contribution in [0.15, 0.2) is 70.6 Å². The first-order valence-electron chi connectivity index (χ1n) is 8.45. The molecule has 0 spiro atoms. The summed E-state index contributed by atoms with van der Waals surface area (Å²) in [4.78, 5) is 3.51. The third-order valence-electron chi connectivity index (χ3n) is 4.47. The van der Waals surface area contributed by atoms with Gasteiger partial charge in [0, 0.05) is 32.9 Å². The van der Waals surface area contributed by atoms with E-state index in [4.69, 9.17) is 0 Å². The van der Waals surface area contributed by atoms with Crippen LogP contribution in [0.3, 0.4) is 0 Å². The summed E-state index contributed by atoms with van der Waals surface area (Å²) in [5, 5.41) is 13.5. The number of hydrogen-bond donors (Lipinski definition) is 2. The standard InChI is InChI=1S/C19H15N3O6S2.2Na/c23-19-15(10-16(29(24)25)13-6-3-9-20-18(13)19)22-21-14-7-8-17(30(26,27)28)12-5-2-1-4-11(12)14;;/h1-10,21-23H,(H,24,25)(H,26,27,28);;/q;2*+1/p-3. The van der Waals surface area contributed by atoms with Crippen molar-refractivity contribution in [3.05, 3.63) is 60.8 Å². The summed E-state index contributed by atoms with van der Waals surface area (Å²) < 4.78 is 57.7. The van der Waals surface area contributed by atoms with Gasteiger partial charge in [-0.1, -0.05) is 36.1 Å². The van der Waals surface area contributed by atoms with Crippen molar-refractivity contribution in [2.75, 3.05) is 10.9 Å². The molecule has 2 N–H and O–H groups in total. The molecule has 0 aliphatic rings. The number of hydrogen-bond acceptors (Lipinski definition) is 9. The summed E-state index contributed by atoms with van der Waals surface area (Å²) in [6.07, 6.45) is 1.38. The number of benzene rings is 3. The zero-order valence-electron chi connectivity index (χ0n) is 17.0. The Morgan fingerprint density at radius 2 is 1.50 bits per heavy atom. The first-order valence-corrected chi connectivity index (χ1v) is 10.9. The van der Waals surface area contributed by atoms with Crippen molar-refractivity contribution in [1.29, 1.82) is 0 Å². The largest absolute Gasteiger partial charge is 1.00 e. The minimum absolute atomic E-state index is 0. The Balaban J connectivity index is 0.00000181. The Morgan fingerprint density at radius 3 is 2.16 bits per heavy atom. The van der Waals surface area contributed by atoms with Crippen LogP contribution in [0.25, 0.3) is 21.7 Å². The summed E-state index contributed by atoms with van der Waals surface area (Å²) in [6.45, 7) is 0. The van der Waals surface area contributed by atoms with Crippen LogP contribution in [-0.2, 0) is 21.2 Å². The van der Waals surface area contributed by atoms with Gasteiger partial charge in [-0.15, -0.1) is 0 Å². The molecular formula is C19H12N3Na2O6S2-. The number of fused-ring (bicyclic) bond motifs is 2. The summed E-state index contributed by atoms with van der Waals surface area (Å²) in [6, 6.07) is 13.1. The maximum absolute atomic E-state index is 12.7. The normalized spacial score (nSPS) is 11.9. The van der Waals surface area contributed by atoms with E-state index >= 15 is 0 Å². The molecule has 0 amide bonds. The van der Waals surface area contributed by atoms with Gasteiger partial charge in [-0.05, 0) is 35.3 Å². The fourth-order valence-corrected chi connectivity index (χ4v) is 4.39.